The van der Waals surface area contributed by atoms with Gasteiger partial charge in [0.1, 0.15) is 0 Å². The number of hydrogen-bond donors (Lipinski definition) is 0. The fourth-order valence-electron chi connectivity index (χ4n) is 3.23. The lowest BCUT2D eigenvalue weighted by atomic mass is 10.0. The van der Waals surface area contributed by atoms with Crippen LogP contribution in [0.1, 0.15) is 25.1 Å². The van der Waals surface area contributed by atoms with Gasteiger partial charge in [-0.15, -0.1) is 0 Å². The summed E-state index contributed by atoms with van der Waals surface area (Å²) in [6, 6.07) is 0.783. The molecule has 2 amide bonds. The topological polar surface area (TPSA) is 79.3 Å². The Morgan fingerprint density at radius 2 is 1.90 bits per heavy atom. The summed E-state index contributed by atoms with van der Waals surface area (Å²) in [6.45, 7) is 3.66. The number of carbonyl (C=O) groups is 2. The van der Waals surface area contributed by atoms with Gasteiger partial charge in [-0.25, -0.2) is 19.2 Å². The van der Waals surface area contributed by atoms with Gasteiger partial charge in [0.05, 0.1) is 43.5 Å². The van der Waals surface area contributed by atoms with Gasteiger partial charge < -0.3 is 4.90 Å². The predicted octanol–water partition coefficient (Wildman–Crippen LogP) is 3.11. The van der Waals surface area contributed by atoms with Crippen molar-refractivity contribution >= 4 is 17.8 Å². The average Bonchev–Trinajstić information content (AvgIpc) is 2.98. The molecule has 0 aromatic carbocycles. The van der Waals surface area contributed by atoms with E-state index in [4.69, 9.17) is 0 Å². The van der Waals surface area contributed by atoms with Gasteiger partial charge in [-0.1, -0.05) is 13.8 Å². The van der Waals surface area contributed by atoms with Crippen LogP contribution in [0, 0.1) is 11.7 Å². The van der Waals surface area contributed by atoms with Crippen LogP contribution in [-0.2, 0) is 17.4 Å². The van der Waals surface area contributed by atoms with E-state index in [2.05, 4.69) is 15.0 Å². The van der Waals surface area contributed by atoms with Crippen molar-refractivity contribution in [1.82, 2.24) is 19.9 Å². The highest BCUT2D eigenvalue weighted by atomic mass is 19.4. The van der Waals surface area contributed by atoms with Crippen molar-refractivity contribution in [3.8, 4) is 0 Å². The Morgan fingerprint density at radius 1 is 1.23 bits per heavy atom. The van der Waals surface area contributed by atoms with E-state index in [9.17, 15) is 27.2 Å². The zero-order valence-electron chi connectivity index (χ0n) is 16.2. The monoisotopic (exact) mass is 425 g/mol. The lowest BCUT2D eigenvalue weighted by molar-refractivity contribution is -0.137. The van der Waals surface area contributed by atoms with Gasteiger partial charge in [0, 0.05) is 11.9 Å². The Kier molecular flexibility index (Phi) is 5.99. The van der Waals surface area contributed by atoms with Crippen molar-refractivity contribution in [1.29, 1.82) is 0 Å². The molecule has 1 atom stereocenters. The molecular weight excluding hydrogens is 406 g/mol. The first-order valence-corrected chi connectivity index (χ1v) is 9.15. The SMILES string of the molecule is CC(C)[C@H]1CN(c2ncc(F)cn2)C(=O)N1CC(=O)Cc1cc(C(F)(F)F)ccn1. The van der Waals surface area contributed by atoms with E-state index in [1.54, 1.807) is 0 Å². The van der Waals surface area contributed by atoms with Crippen molar-refractivity contribution in [2.45, 2.75) is 32.5 Å². The van der Waals surface area contributed by atoms with E-state index in [1.165, 1.54) is 9.80 Å². The lowest BCUT2D eigenvalue weighted by Crippen LogP contribution is -2.41. The Bertz CT molecular complexity index is 933. The van der Waals surface area contributed by atoms with E-state index < -0.39 is 29.4 Å². The number of anilines is 1. The lowest BCUT2D eigenvalue weighted by Gasteiger charge is -2.25. The summed E-state index contributed by atoms with van der Waals surface area (Å²) >= 11 is 0. The van der Waals surface area contributed by atoms with Crippen molar-refractivity contribution in [2.24, 2.45) is 5.92 Å². The minimum atomic E-state index is -4.54. The first-order chi connectivity index (χ1) is 14.1. The number of halogens is 4. The molecule has 0 aliphatic carbocycles. The van der Waals surface area contributed by atoms with E-state index in [0.29, 0.717) is 0 Å². The number of amides is 2. The van der Waals surface area contributed by atoms with Crippen LogP contribution < -0.4 is 4.90 Å². The largest absolute Gasteiger partial charge is 0.416 e. The van der Waals surface area contributed by atoms with Gasteiger partial charge in [0.2, 0.25) is 5.95 Å². The summed E-state index contributed by atoms with van der Waals surface area (Å²) in [4.78, 5) is 39.4. The molecular formula is C19H19F4N5O2. The molecule has 1 saturated heterocycles. The van der Waals surface area contributed by atoms with Gasteiger partial charge in [0.15, 0.2) is 11.6 Å². The van der Waals surface area contributed by atoms with Gasteiger partial charge in [-0.05, 0) is 18.1 Å². The Hall–Kier alpha value is -3.11. The van der Waals surface area contributed by atoms with E-state index in [1.807, 2.05) is 13.8 Å². The van der Waals surface area contributed by atoms with Crippen LogP contribution in [0.5, 0.6) is 0 Å². The Balaban J connectivity index is 1.74. The molecule has 0 spiro atoms. The first-order valence-electron chi connectivity index (χ1n) is 9.15. The first kappa shape index (κ1) is 21.6. The van der Waals surface area contributed by atoms with Crippen LogP contribution in [0.15, 0.2) is 30.7 Å². The number of hydrogen-bond acceptors (Lipinski definition) is 5. The van der Waals surface area contributed by atoms with Crippen LogP contribution in [0.2, 0.25) is 0 Å². The summed E-state index contributed by atoms with van der Waals surface area (Å²) in [6.07, 6.45) is -2.01. The van der Waals surface area contributed by atoms with Crippen LogP contribution in [0.3, 0.4) is 0 Å². The maximum absolute atomic E-state index is 13.1. The van der Waals surface area contributed by atoms with E-state index in [0.717, 1.165) is 30.7 Å². The van der Waals surface area contributed by atoms with Gasteiger partial charge >= 0.3 is 12.2 Å². The second kappa shape index (κ2) is 8.33. The zero-order chi connectivity index (χ0) is 22.1. The highest BCUT2D eigenvalue weighted by molar-refractivity contribution is 5.96. The van der Waals surface area contributed by atoms with Crippen LogP contribution in [-0.4, -0.2) is 50.8 Å². The highest BCUT2D eigenvalue weighted by Crippen LogP contribution is 2.29. The molecule has 3 heterocycles. The van der Waals surface area contributed by atoms with E-state index >= 15 is 0 Å². The number of nitrogens with zero attached hydrogens (tertiary/aromatic N) is 5. The van der Waals surface area contributed by atoms with Crippen molar-refractivity contribution in [3.63, 3.8) is 0 Å². The molecule has 3 rings (SSSR count). The molecule has 2 aromatic rings. The fourth-order valence-corrected chi connectivity index (χ4v) is 3.23. The molecule has 1 fully saturated rings. The number of alkyl halides is 3. The molecule has 1 aliphatic heterocycles. The molecule has 160 valence electrons. The maximum atomic E-state index is 13.1. The quantitative estimate of drug-likeness (QED) is 0.665. The minimum Gasteiger partial charge on any atom is -0.312 e. The standard InChI is InChI=1S/C19H19F4N5O2/c1-11(2)16-10-28(17-25-7-13(20)8-26-17)18(30)27(16)9-15(29)6-14-5-12(3-4-24-14)19(21,22)23/h3-5,7-8,11,16H,6,9-10H2,1-2H3/t16-/m1/s1. The summed E-state index contributed by atoms with van der Waals surface area (Å²) in [5, 5.41) is 0. The summed E-state index contributed by atoms with van der Waals surface area (Å²) in [5.74, 6) is -1.10. The predicted molar refractivity (Wildman–Crippen MR) is 98.0 cm³/mol. The number of carbonyl (C=O) groups excluding carboxylic acids is 2. The van der Waals surface area contributed by atoms with Crippen molar-refractivity contribution < 1.29 is 27.2 Å². The van der Waals surface area contributed by atoms with E-state index in [-0.39, 0.29) is 43.1 Å². The molecule has 0 saturated carbocycles. The minimum absolute atomic E-state index is 0.0149. The average molecular weight is 425 g/mol. The number of urea groups is 1. The third-order valence-electron chi connectivity index (χ3n) is 4.73. The number of Topliss-reactive ketones (excluding diaryl/α,β-unsaturated/α-hetero) is 1. The molecule has 0 bridgehead atoms. The Labute approximate surface area is 169 Å². The van der Waals surface area contributed by atoms with Gasteiger partial charge in [0.25, 0.3) is 0 Å². The van der Waals surface area contributed by atoms with Crippen molar-refractivity contribution in [2.75, 3.05) is 18.0 Å². The molecule has 11 heteroatoms. The smallest absolute Gasteiger partial charge is 0.312 e. The van der Waals surface area contributed by atoms with Gasteiger partial charge in [-0.3, -0.25) is 14.7 Å². The molecule has 0 radical (unpaired) electrons. The third-order valence-corrected chi connectivity index (χ3v) is 4.73. The second-order valence-electron chi connectivity index (χ2n) is 7.28. The zero-order valence-corrected chi connectivity index (χ0v) is 16.2. The summed E-state index contributed by atoms with van der Waals surface area (Å²) in [5.41, 5.74) is -0.918. The molecule has 1 aliphatic rings. The number of rotatable bonds is 6. The normalized spacial score (nSPS) is 17.2. The summed E-state index contributed by atoms with van der Waals surface area (Å²) < 4.78 is 51.6. The molecule has 7 nitrogen and oxygen atoms in total. The van der Waals surface area contributed by atoms with Crippen LogP contribution in [0.25, 0.3) is 0 Å². The number of aromatic nitrogens is 3. The van der Waals surface area contributed by atoms with Gasteiger partial charge in [-0.2, -0.15) is 13.2 Å². The molecule has 30 heavy (non-hydrogen) atoms. The fraction of sp³-hybridized carbons (Fsp3) is 0.421. The number of pyridine rings is 1. The maximum Gasteiger partial charge on any atom is 0.416 e. The third kappa shape index (κ3) is 4.71. The molecule has 2 aromatic heterocycles. The highest BCUT2D eigenvalue weighted by Gasteiger charge is 2.41. The van der Waals surface area contributed by atoms with Crippen LogP contribution >= 0.6 is 0 Å². The van der Waals surface area contributed by atoms with Crippen molar-refractivity contribution in [3.05, 3.63) is 47.8 Å². The molecule has 0 N–H and O–H groups in total. The second-order valence-corrected chi connectivity index (χ2v) is 7.28. The number of ketones is 1. The summed E-state index contributed by atoms with van der Waals surface area (Å²) in [7, 11) is 0. The Morgan fingerprint density at radius 3 is 2.50 bits per heavy atom. The molecule has 0 unspecified atom stereocenters. The van der Waals surface area contributed by atoms with Crippen LogP contribution in [0.4, 0.5) is 28.3 Å².